The fourth-order valence-electron chi connectivity index (χ4n) is 8.13. The first-order valence-electron chi connectivity index (χ1n) is 18.8. The number of anilines is 1. The summed E-state index contributed by atoms with van der Waals surface area (Å²) in [7, 11) is 1.26. The lowest BCUT2D eigenvalue weighted by Crippen LogP contribution is -2.67. The first-order chi connectivity index (χ1) is 24.8. The number of aryl methyl sites for hydroxylation is 1. The molecule has 1 aliphatic rings. The van der Waals surface area contributed by atoms with E-state index in [2.05, 4.69) is 177 Å². The number of nitrogens with zero attached hydrogens (tertiary/aromatic N) is 4. The Labute approximate surface area is 321 Å². The van der Waals surface area contributed by atoms with Crippen LogP contribution in [0.15, 0.2) is 95.6 Å². The van der Waals surface area contributed by atoms with Gasteiger partial charge in [-0.2, -0.15) is 0 Å². The molecular formula is C44H57BrN4O2Si. The standard InChI is InChI=1S/C44H57BrN4O2Si/c1-10-49-40-22-21-33(45)27-37(40)39(42(49)38-28-34(30-46-41(38)32(2)50-9)48-25-23-47(8)24-26-48)29-44(6,7)31-51-52(43(3,4)5,35-17-13-11-14-18-35)36-19-15-12-16-20-36/h11-22,27-28,30,32H,10,23-26,29,31H2,1-9H3/t32-/m0/s1. The van der Waals surface area contributed by atoms with Gasteiger partial charge < -0.3 is 23.5 Å². The largest absolute Gasteiger partial charge is 0.407 e. The van der Waals surface area contributed by atoms with Gasteiger partial charge in [-0.1, -0.05) is 111 Å². The summed E-state index contributed by atoms with van der Waals surface area (Å²) in [6.45, 7) is 21.7. The lowest BCUT2D eigenvalue weighted by molar-refractivity contribution is 0.116. The van der Waals surface area contributed by atoms with Gasteiger partial charge in [0.2, 0.25) is 0 Å². The maximum absolute atomic E-state index is 7.58. The van der Waals surface area contributed by atoms with Gasteiger partial charge in [0.15, 0.2) is 0 Å². The van der Waals surface area contributed by atoms with Crippen LogP contribution in [0.3, 0.4) is 0 Å². The summed E-state index contributed by atoms with van der Waals surface area (Å²) in [6.07, 6.45) is 2.72. The van der Waals surface area contributed by atoms with Crippen LogP contribution in [0, 0.1) is 5.41 Å². The average molecular weight is 782 g/mol. The SMILES string of the molecule is CCn1c(-c2cc(N3CCN(C)CC3)cnc2[C@H](C)OC)c(CC(C)(C)CO[Si](c2ccccc2)(c2ccccc2)C(C)(C)C)c2cc(Br)ccc21. The maximum Gasteiger partial charge on any atom is 0.261 e. The summed E-state index contributed by atoms with van der Waals surface area (Å²) in [5.74, 6) is 0. The van der Waals surface area contributed by atoms with Crippen LogP contribution in [0.4, 0.5) is 5.69 Å². The molecule has 0 unspecified atom stereocenters. The van der Waals surface area contributed by atoms with Gasteiger partial charge in [0, 0.05) is 67.4 Å². The number of ether oxygens (including phenoxy) is 1. The fourth-order valence-corrected chi connectivity index (χ4v) is 13.3. The minimum absolute atomic E-state index is 0.0966. The number of methoxy groups -OCH3 is 1. The zero-order chi connectivity index (χ0) is 37.3. The van der Waals surface area contributed by atoms with Crippen LogP contribution < -0.4 is 15.3 Å². The van der Waals surface area contributed by atoms with Gasteiger partial charge in [0.25, 0.3) is 8.32 Å². The third-order valence-corrected chi connectivity index (χ3v) is 16.4. The number of hydrogen-bond donors (Lipinski definition) is 0. The van der Waals surface area contributed by atoms with Crippen LogP contribution in [0.1, 0.15) is 65.8 Å². The molecule has 2 aromatic heterocycles. The van der Waals surface area contributed by atoms with E-state index in [1.165, 1.54) is 38.2 Å². The van der Waals surface area contributed by atoms with Gasteiger partial charge in [0.1, 0.15) is 0 Å². The molecule has 0 saturated carbocycles. The summed E-state index contributed by atoms with van der Waals surface area (Å²) >= 11 is 3.83. The van der Waals surface area contributed by atoms with Crippen molar-refractivity contribution >= 4 is 51.2 Å². The number of hydrogen-bond acceptors (Lipinski definition) is 5. The van der Waals surface area contributed by atoms with E-state index < -0.39 is 8.32 Å². The minimum atomic E-state index is -2.73. The molecule has 0 N–H and O–H groups in total. The molecule has 276 valence electrons. The van der Waals surface area contributed by atoms with Crippen LogP contribution in [0.25, 0.3) is 22.2 Å². The van der Waals surface area contributed by atoms with Crippen molar-refractivity contribution in [3.8, 4) is 11.3 Å². The normalized spacial score (nSPS) is 15.4. The quantitative estimate of drug-likeness (QED) is 0.118. The van der Waals surface area contributed by atoms with E-state index in [0.29, 0.717) is 6.61 Å². The third kappa shape index (κ3) is 7.55. The number of piperazine rings is 1. The number of likely N-dealkylation sites (N-methyl/N-ethyl adjacent to an activating group) is 1. The predicted molar refractivity (Wildman–Crippen MR) is 225 cm³/mol. The van der Waals surface area contributed by atoms with Gasteiger partial charge in [-0.25, -0.2) is 0 Å². The van der Waals surface area contributed by atoms with E-state index >= 15 is 0 Å². The van der Waals surface area contributed by atoms with Crippen LogP contribution in [0.2, 0.25) is 5.04 Å². The summed E-state index contributed by atoms with van der Waals surface area (Å²) in [6, 6.07) is 31.1. The van der Waals surface area contributed by atoms with Crippen molar-refractivity contribution in [1.82, 2.24) is 14.5 Å². The molecule has 6 rings (SSSR count). The molecule has 1 saturated heterocycles. The van der Waals surface area contributed by atoms with Gasteiger partial charge in [-0.05, 0) is 78.0 Å². The van der Waals surface area contributed by atoms with Crippen molar-refractivity contribution in [2.45, 2.75) is 72.6 Å². The van der Waals surface area contributed by atoms with Crippen LogP contribution in [0.5, 0.6) is 0 Å². The molecule has 1 fully saturated rings. The number of benzene rings is 3. The highest BCUT2D eigenvalue weighted by atomic mass is 79.9. The van der Waals surface area contributed by atoms with E-state index in [0.717, 1.165) is 54.9 Å². The van der Waals surface area contributed by atoms with Crippen molar-refractivity contribution in [1.29, 1.82) is 0 Å². The molecule has 52 heavy (non-hydrogen) atoms. The van der Waals surface area contributed by atoms with Crippen molar-refractivity contribution < 1.29 is 9.16 Å². The van der Waals surface area contributed by atoms with E-state index in [4.69, 9.17) is 14.1 Å². The maximum atomic E-state index is 7.58. The first-order valence-corrected chi connectivity index (χ1v) is 21.5. The molecule has 8 heteroatoms. The zero-order valence-corrected chi connectivity index (χ0v) is 35.3. The summed E-state index contributed by atoms with van der Waals surface area (Å²) < 4.78 is 17.1. The zero-order valence-electron chi connectivity index (χ0n) is 32.7. The highest BCUT2D eigenvalue weighted by Crippen LogP contribution is 2.44. The van der Waals surface area contributed by atoms with Gasteiger partial charge in [0.05, 0.1) is 29.4 Å². The molecule has 5 aromatic rings. The van der Waals surface area contributed by atoms with Crippen LogP contribution >= 0.6 is 15.9 Å². The molecular weight excluding hydrogens is 724 g/mol. The molecule has 1 aliphatic heterocycles. The molecule has 6 nitrogen and oxygen atoms in total. The summed E-state index contributed by atoms with van der Waals surface area (Å²) in [4.78, 5) is 10.0. The van der Waals surface area contributed by atoms with E-state index in [9.17, 15) is 0 Å². The number of aromatic nitrogens is 2. The van der Waals surface area contributed by atoms with Gasteiger partial charge >= 0.3 is 0 Å². The Hall–Kier alpha value is -3.27. The second kappa shape index (κ2) is 15.6. The Balaban J connectivity index is 1.49. The lowest BCUT2D eigenvalue weighted by atomic mass is 9.84. The smallest absolute Gasteiger partial charge is 0.261 e. The number of fused-ring (bicyclic) bond motifs is 1. The Morgan fingerprint density at radius 2 is 1.48 bits per heavy atom. The van der Waals surface area contributed by atoms with Gasteiger partial charge in [-0.15, -0.1) is 0 Å². The molecule has 0 radical (unpaired) electrons. The van der Waals surface area contributed by atoms with E-state index in [-0.39, 0.29) is 16.6 Å². The average Bonchev–Trinajstić information content (AvgIpc) is 3.43. The molecule has 0 amide bonds. The van der Waals surface area contributed by atoms with E-state index in [1.54, 1.807) is 7.11 Å². The minimum Gasteiger partial charge on any atom is -0.407 e. The fraction of sp³-hybridized carbons (Fsp3) is 0.432. The molecule has 3 aromatic carbocycles. The second-order valence-electron chi connectivity index (χ2n) is 16.3. The monoisotopic (exact) mass is 780 g/mol. The first kappa shape index (κ1) is 38.5. The molecule has 0 bridgehead atoms. The van der Waals surface area contributed by atoms with Crippen molar-refractivity contribution in [2.24, 2.45) is 5.41 Å². The van der Waals surface area contributed by atoms with Gasteiger partial charge in [-0.3, -0.25) is 4.98 Å². The van der Waals surface area contributed by atoms with Crippen LogP contribution in [-0.4, -0.2) is 69.7 Å². The molecule has 3 heterocycles. The third-order valence-electron chi connectivity index (χ3n) is 11.0. The van der Waals surface area contributed by atoms with Crippen LogP contribution in [-0.2, 0) is 22.1 Å². The highest BCUT2D eigenvalue weighted by Gasteiger charge is 2.51. The topological polar surface area (TPSA) is 42.8 Å². The number of rotatable bonds is 12. The van der Waals surface area contributed by atoms with Crippen molar-refractivity contribution in [3.63, 3.8) is 0 Å². The lowest BCUT2D eigenvalue weighted by Gasteiger charge is -2.44. The Morgan fingerprint density at radius 3 is 2.04 bits per heavy atom. The number of halogens is 1. The second-order valence-corrected chi connectivity index (χ2v) is 21.5. The van der Waals surface area contributed by atoms with E-state index in [1.807, 2.05) is 0 Å². The van der Waals surface area contributed by atoms with Crippen molar-refractivity contribution in [3.05, 3.63) is 107 Å². The summed E-state index contributed by atoms with van der Waals surface area (Å²) in [5, 5.41) is 3.79. The van der Waals surface area contributed by atoms with Crippen molar-refractivity contribution in [2.75, 3.05) is 51.8 Å². The molecule has 0 spiro atoms. The molecule has 1 atom stereocenters. The highest BCUT2D eigenvalue weighted by molar-refractivity contribution is 9.10. The molecule has 0 aliphatic carbocycles. The predicted octanol–water partition coefficient (Wildman–Crippen LogP) is 9.09. The Kier molecular flexibility index (Phi) is 11.5. The summed E-state index contributed by atoms with van der Waals surface area (Å²) in [5.41, 5.74) is 6.89. The Morgan fingerprint density at radius 1 is 0.865 bits per heavy atom. The number of pyridine rings is 1. The Bertz CT molecular complexity index is 1920.